The topological polar surface area (TPSA) is 135 Å². The van der Waals surface area contributed by atoms with E-state index in [-0.39, 0.29) is 12.3 Å². The van der Waals surface area contributed by atoms with Crippen LogP contribution >= 0.6 is 0 Å². The highest BCUT2D eigenvalue weighted by molar-refractivity contribution is 5.82. The van der Waals surface area contributed by atoms with Crippen molar-refractivity contribution in [3.63, 3.8) is 0 Å². The lowest BCUT2D eigenvalue weighted by atomic mass is 10.1. The number of benzene rings is 1. The minimum atomic E-state index is -4.75. The number of fused-ring (bicyclic) bond motifs is 1. The number of hydrogen-bond acceptors (Lipinski definition) is 9. The molecule has 3 aromatic rings. The first-order valence-corrected chi connectivity index (χ1v) is 9.15. The van der Waals surface area contributed by atoms with Gasteiger partial charge in [0.15, 0.2) is 23.2 Å². The Morgan fingerprint density at radius 1 is 1.10 bits per heavy atom. The first-order valence-electron chi connectivity index (χ1n) is 9.15. The number of halogens is 3. The van der Waals surface area contributed by atoms with Gasteiger partial charge in [0.25, 0.3) is 0 Å². The zero-order valence-electron chi connectivity index (χ0n) is 15.8. The number of anilines is 1. The number of imidazole rings is 1. The molecule has 0 amide bonds. The Morgan fingerprint density at radius 3 is 2.48 bits per heavy atom. The van der Waals surface area contributed by atoms with Crippen molar-refractivity contribution in [2.24, 2.45) is 0 Å². The smallest absolute Gasteiger partial charge is 0.406 e. The molecular weight excluding hydrogens is 423 g/mol. The number of ether oxygens (including phenoxy) is 2. The summed E-state index contributed by atoms with van der Waals surface area (Å²) in [6.45, 7) is -0.227. The Morgan fingerprint density at radius 2 is 1.84 bits per heavy atom. The van der Waals surface area contributed by atoms with Gasteiger partial charge in [-0.1, -0.05) is 12.1 Å². The molecule has 0 aliphatic carbocycles. The number of nitrogens with one attached hydrogen (secondary N) is 1. The summed E-state index contributed by atoms with van der Waals surface area (Å²) >= 11 is 0. The van der Waals surface area contributed by atoms with E-state index < -0.39 is 37.5 Å². The van der Waals surface area contributed by atoms with Crippen molar-refractivity contribution in [1.82, 2.24) is 19.5 Å². The third-order valence-corrected chi connectivity index (χ3v) is 4.77. The maximum absolute atomic E-state index is 12.3. The molecule has 2 aromatic heterocycles. The molecular formula is C18H18F3N5O5. The number of rotatable bonds is 6. The molecule has 1 unspecified atom stereocenters. The van der Waals surface area contributed by atoms with Gasteiger partial charge in [0.05, 0.1) is 12.9 Å². The first kappa shape index (κ1) is 21.2. The van der Waals surface area contributed by atoms with Gasteiger partial charge in [-0.2, -0.15) is 0 Å². The predicted molar refractivity (Wildman–Crippen MR) is 98.8 cm³/mol. The molecule has 13 heteroatoms. The first-order chi connectivity index (χ1) is 14.8. The lowest BCUT2D eigenvalue weighted by Crippen LogP contribution is -2.33. The molecule has 1 saturated heterocycles. The summed E-state index contributed by atoms with van der Waals surface area (Å²) in [4.78, 5) is 12.5. The Bertz CT molecular complexity index is 1050. The molecule has 0 saturated carbocycles. The largest absolute Gasteiger partial charge is 0.573 e. The van der Waals surface area contributed by atoms with E-state index in [1.807, 2.05) is 0 Å². The number of aromatic nitrogens is 4. The fourth-order valence-corrected chi connectivity index (χ4v) is 3.27. The fraction of sp³-hybridized carbons (Fsp3) is 0.389. The number of hydrogen-bond donors (Lipinski definition) is 4. The second kappa shape index (κ2) is 8.26. The van der Waals surface area contributed by atoms with E-state index in [2.05, 4.69) is 25.0 Å². The summed E-state index contributed by atoms with van der Waals surface area (Å²) in [6, 6.07) is 5.36. The van der Waals surface area contributed by atoms with Crippen molar-refractivity contribution >= 4 is 17.0 Å². The zero-order valence-corrected chi connectivity index (χ0v) is 15.8. The van der Waals surface area contributed by atoms with E-state index in [9.17, 15) is 28.5 Å². The summed E-state index contributed by atoms with van der Waals surface area (Å²) in [7, 11) is 0. The molecule has 10 nitrogen and oxygen atoms in total. The maximum Gasteiger partial charge on any atom is 0.573 e. The minimum Gasteiger partial charge on any atom is -0.406 e. The van der Waals surface area contributed by atoms with Crippen molar-refractivity contribution in [2.45, 2.75) is 37.4 Å². The normalized spacial score (nSPS) is 23.9. The van der Waals surface area contributed by atoms with E-state index in [1.165, 1.54) is 41.5 Å². The van der Waals surface area contributed by atoms with Crippen molar-refractivity contribution in [3.8, 4) is 5.75 Å². The minimum absolute atomic E-state index is 0.235. The third-order valence-electron chi connectivity index (χ3n) is 4.77. The van der Waals surface area contributed by atoms with Crippen LogP contribution in [0, 0.1) is 0 Å². The average molecular weight is 441 g/mol. The van der Waals surface area contributed by atoms with Crippen molar-refractivity contribution in [3.05, 3.63) is 42.5 Å². The zero-order chi connectivity index (χ0) is 22.2. The molecule has 4 rings (SSSR count). The van der Waals surface area contributed by atoms with Crippen molar-refractivity contribution < 1.29 is 38.0 Å². The van der Waals surface area contributed by atoms with Crippen LogP contribution in [0.5, 0.6) is 5.75 Å². The number of aliphatic hydroxyl groups is 3. The van der Waals surface area contributed by atoms with Crippen LogP contribution in [0.4, 0.5) is 19.0 Å². The van der Waals surface area contributed by atoms with Gasteiger partial charge < -0.3 is 30.1 Å². The molecule has 0 spiro atoms. The average Bonchev–Trinajstić information content (AvgIpc) is 3.28. The van der Waals surface area contributed by atoms with Crippen LogP contribution in [0.15, 0.2) is 36.9 Å². The summed E-state index contributed by atoms with van der Waals surface area (Å²) in [6.07, 6.45) is -6.62. The molecule has 166 valence electrons. The highest BCUT2D eigenvalue weighted by atomic mass is 19.4. The van der Waals surface area contributed by atoms with Crippen LogP contribution in [0.3, 0.4) is 0 Å². The van der Waals surface area contributed by atoms with E-state index in [0.29, 0.717) is 22.5 Å². The lowest BCUT2D eigenvalue weighted by molar-refractivity contribution is -0.274. The fourth-order valence-electron chi connectivity index (χ4n) is 3.27. The van der Waals surface area contributed by atoms with E-state index in [1.54, 1.807) is 0 Å². The van der Waals surface area contributed by atoms with E-state index in [4.69, 9.17) is 4.74 Å². The monoisotopic (exact) mass is 441 g/mol. The van der Waals surface area contributed by atoms with Crippen LogP contribution in [0.1, 0.15) is 11.8 Å². The molecule has 1 aliphatic heterocycles. The van der Waals surface area contributed by atoms with Gasteiger partial charge in [0.2, 0.25) is 0 Å². The SMILES string of the molecule is OC[C@H]1OC(n2cnc3c(NCc4ccc(OC(F)(F)F)cc4)ncnc32)[C@H](O)[C@@H]1O. The van der Waals surface area contributed by atoms with Crippen molar-refractivity contribution in [2.75, 3.05) is 11.9 Å². The van der Waals surface area contributed by atoms with Crippen LogP contribution in [-0.4, -0.2) is 66.1 Å². The molecule has 1 aromatic carbocycles. The summed E-state index contributed by atoms with van der Waals surface area (Å²) in [5.74, 6) is 0.0315. The molecule has 0 bridgehead atoms. The Labute approximate surface area is 172 Å². The lowest BCUT2D eigenvalue weighted by Gasteiger charge is -2.16. The quantitative estimate of drug-likeness (QED) is 0.441. The molecule has 4 N–H and O–H groups in total. The number of alkyl halides is 3. The predicted octanol–water partition coefficient (Wildman–Crippen LogP) is 0.949. The van der Waals surface area contributed by atoms with Gasteiger partial charge in [0.1, 0.15) is 30.4 Å². The van der Waals surface area contributed by atoms with Gasteiger partial charge in [-0.25, -0.2) is 15.0 Å². The van der Waals surface area contributed by atoms with E-state index >= 15 is 0 Å². The van der Waals surface area contributed by atoms with Gasteiger partial charge in [0, 0.05) is 6.54 Å². The standard InChI is InChI=1S/C18H18F3N5O5/c19-18(20,21)31-10-3-1-9(2-4-10)5-22-15-12-16(24-7-23-15)26(8-25-12)17-14(29)13(28)11(6-27)30-17/h1-4,7-8,11,13-14,17,27-29H,5-6H2,(H,22,23,24)/t11-,13-,14-,17?/m1/s1. The summed E-state index contributed by atoms with van der Waals surface area (Å²) < 4.78 is 47.5. The Hall–Kier alpha value is -3.00. The van der Waals surface area contributed by atoms with Gasteiger partial charge in [-0.3, -0.25) is 4.57 Å². The maximum atomic E-state index is 12.3. The second-order valence-corrected chi connectivity index (χ2v) is 6.82. The molecule has 4 atom stereocenters. The van der Waals surface area contributed by atoms with Crippen LogP contribution in [-0.2, 0) is 11.3 Å². The van der Waals surface area contributed by atoms with Crippen LogP contribution in [0.25, 0.3) is 11.2 Å². The molecule has 31 heavy (non-hydrogen) atoms. The Kier molecular flexibility index (Phi) is 5.66. The molecule has 1 aliphatic rings. The van der Waals surface area contributed by atoms with Gasteiger partial charge in [-0.15, -0.1) is 13.2 Å². The van der Waals surface area contributed by atoms with Crippen LogP contribution in [0.2, 0.25) is 0 Å². The number of nitrogens with zero attached hydrogens (tertiary/aromatic N) is 4. The highest BCUT2D eigenvalue weighted by Crippen LogP contribution is 2.32. The van der Waals surface area contributed by atoms with E-state index in [0.717, 1.165) is 0 Å². The summed E-state index contributed by atoms with van der Waals surface area (Å²) in [5.41, 5.74) is 1.35. The second-order valence-electron chi connectivity index (χ2n) is 6.82. The molecule has 1 fully saturated rings. The summed E-state index contributed by atoms with van der Waals surface area (Å²) in [5, 5.41) is 32.5. The van der Waals surface area contributed by atoms with Gasteiger partial charge >= 0.3 is 6.36 Å². The van der Waals surface area contributed by atoms with Crippen LogP contribution < -0.4 is 10.1 Å². The number of aliphatic hydroxyl groups excluding tert-OH is 3. The molecule has 3 heterocycles. The molecule has 0 radical (unpaired) electrons. The highest BCUT2D eigenvalue weighted by Gasteiger charge is 2.44. The Balaban J connectivity index is 1.50. The van der Waals surface area contributed by atoms with Gasteiger partial charge in [-0.05, 0) is 17.7 Å². The van der Waals surface area contributed by atoms with Crippen molar-refractivity contribution in [1.29, 1.82) is 0 Å². The third kappa shape index (κ3) is 4.39.